The van der Waals surface area contributed by atoms with Crippen LogP contribution < -0.4 is 16.2 Å². The lowest BCUT2D eigenvalue weighted by Gasteiger charge is -2.16. The Kier molecular flexibility index (Phi) is 2.21. The minimum absolute atomic E-state index is 0.0487. The zero-order chi connectivity index (χ0) is 11.1. The van der Waals surface area contributed by atoms with E-state index in [1.54, 1.807) is 6.07 Å². The summed E-state index contributed by atoms with van der Waals surface area (Å²) in [6, 6.07) is 1.79. The molecule has 0 spiro atoms. The molecule has 1 aliphatic carbocycles. The van der Waals surface area contributed by atoms with Gasteiger partial charge >= 0.3 is 0 Å². The molecule has 2 heterocycles. The van der Waals surface area contributed by atoms with E-state index in [1.165, 1.54) is 0 Å². The van der Waals surface area contributed by atoms with Gasteiger partial charge in [0, 0.05) is 31.1 Å². The first-order chi connectivity index (χ1) is 7.72. The number of anilines is 1. The van der Waals surface area contributed by atoms with Crippen molar-refractivity contribution < 1.29 is 0 Å². The summed E-state index contributed by atoms with van der Waals surface area (Å²) >= 11 is 0. The highest BCUT2D eigenvalue weighted by molar-refractivity contribution is 5.39. The minimum Gasteiger partial charge on any atom is -0.355 e. The van der Waals surface area contributed by atoms with Crippen LogP contribution in [0.1, 0.15) is 31.0 Å². The minimum atomic E-state index is -0.0487. The standard InChI is InChI=1S/C11H16N4O/c12-8-3-4-15(6-8)9-5-10(16)14-11(13-9)7-1-2-7/h5,7-8H,1-4,6,12H2,(H,13,14,16). The zero-order valence-corrected chi connectivity index (χ0v) is 9.15. The van der Waals surface area contributed by atoms with Gasteiger partial charge in [-0.05, 0) is 19.3 Å². The fourth-order valence-electron chi connectivity index (χ4n) is 2.17. The molecular formula is C11H16N4O. The Hall–Kier alpha value is -1.36. The molecule has 1 saturated carbocycles. The first kappa shape index (κ1) is 9.84. The number of aromatic nitrogens is 2. The van der Waals surface area contributed by atoms with Crippen LogP contribution in [-0.4, -0.2) is 29.1 Å². The number of nitrogens with two attached hydrogens (primary N) is 1. The Morgan fingerprint density at radius 1 is 1.44 bits per heavy atom. The number of nitrogens with one attached hydrogen (secondary N) is 1. The van der Waals surface area contributed by atoms with Crippen LogP contribution in [0.5, 0.6) is 0 Å². The lowest BCUT2D eigenvalue weighted by molar-refractivity contribution is 0.750. The summed E-state index contributed by atoms with van der Waals surface area (Å²) in [4.78, 5) is 21.0. The zero-order valence-electron chi connectivity index (χ0n) is 9.15. The van der Waals surface area contributed by atoms with Crippen LogP contribution >= 0.6 is 0 Å². The largest absolute Gasteiger partial charge is 0.355 e. The maximum Gasteiger partial charge on any atom is 0.252 e. The van der Waals surface area contributed by atoms with Crippen LogP contribution in [-0.2, 0) is 0 Å². The number of nitrogens with zero attached hydrogens (tertiary/aromatic N) is 2. The number of H-pyrrole nitrogens is 1. The van der Waals surface area contributed by atoms with Crippen molar-refractivity contribution in [3.05, 3.63) is 22.2 Å². The summed E-state index contributed by atoms with van der Waals surface area (Å²) in [5.74, 6) is 2.12. The molecular weight excluding hydrogens is 204 g/mol. The first-order valence-corrected chi connectivity index (χ1v) is 5.84. The van der Waals surface area contributed by atoms with E-state index in [2.05, 4.69) is 14.9 Å². The molecule has 0 radical (unpaired) electrons. The molecule has 2 aliphatic rings. The van der Waals surface area contributed by atoms with E-state index >= 15 is 0 Å². The van der Waals surface area contributed by atoms with Gasteiger partial charge in [-0.15, -0.1) is 0 Å². The van der Waals surface area contributed by atoms with E-state index in [4.69, 9.17) is 5.73 Å². The average molecular weight is 220 g/mol. The van der Waals surface area contributed by atoms with Gasteiger partial charge in [0.05, 0.1) is 0 Å². The monoisotopic (exact) mass is 220 g/mol. The smallest absolute Gasteiger partial charge is 0.252 e. The van der Waals surface area contributed by atoms with E-state index < -0.39 is 0 Å². The second kappa shape index (κ2) is 3.59. The van der Waals surface area contributed by atoms with Gasteiger partial charge in [-0.2, -0.15) is 0 Å². The summed E-state index contributed by atoms with van der Waals surface area (Å²) < 4.78 is 0. The Morgan fingerprint density at radius 3 is 2.88 bits per heavy atom. The highest BCUT2D eigenvalue weighted by Gasteiger charge is 2.28. The third-order valence-electron chi connectivity index (χ3n) is 3.26. The van der Waals surface area contributed by atoms with E-state index in [-0.39, 0.29) is 11.6 Å². The SMILES string of the molecule is NC1CCN(c2cc(=O)[nH]c(C3CC3)n2)C1. The van der Waals surface area contributed by atoms with Gasteiger partial charge in [-0.3, -0.25) is 4.79 Å². The van der Waals surface area contributed by atoms with Crippen molar-refractivity contribution in [2.75, 3.05) is 18.0 Å². The third kappa shape index (κ3) is 1.82. The molecule has 1 atom stereocenters. The topological polar surface area (TPSA) is 75.0 Å². The maximum atomic E-state index is 11.5. The summed E-state index contributed by atoms with van der Waals surface area (Å²) in [6.45, 7) is 1.71. The van der Waals surface area contributed by atoms with E-state index in [0.29, 0.717) is 5.92 Å². The molecule has 0 amide bonds. The fraction of sp³-hybridized carbons (Fsp3) is 0.636. The van der Waals surface area contributed by atoms with E-state index in [0.717, 1.165) is 44.0 Å². The molecule has 3 N–H and O–H groups in total. The molecule has 5 nitrogen and oxygen atoms in total. The molecule has 1 aromatic heterocycles. The molecule has 2 fully saturated rings. The van der Waals surface area contributed by atoms with Gasteiger partial charge in [0.1, 0.15) is 11.6 Å². The highest BCUT2D eigenvalue weighted by Crippen LogP contribution is 2.38. The summed E-state index contributed by atoms with van der Waals surface area (Å²) in [5.41, 5.74) is 5.81. The Labute approximate surface area is 93.7 Å². The first-order valence-electron chi connectivity index (χ1n) is 5.84. The van der Waals surface area contributed by atoms with Gasteiger partial charge in [-0.1, -0.05) is 0 Å². The van der Waals surface area contributed by atoms with Crippen molar-refractivity contribution in [1.29, 1.82) is 0 Å². The van der Waals surface area contributed by atoms with Crippen LogP contribution in [0.2, 0.25) is 0 Å². The van der Waals surface area contributed by atoms with Crippen molar-refractivity contribution in [2.24, 2.45) is 5.73 Å². The van der Waals surface area contributed by atoms with Crippen LogP contribution in [0.15, 0.2) is 10.9 Å². The molecule has 1 unspecified atom stereocenters. The molecule has 1 saturated heterocycles. The molecule has 0 bridgehead atoms. The predicted octanol–water partition coefficient (Wildman–Crippen LogP) is 0.185. The quantitative estimate of drug-likeness (QED) is 0.745. The van der Waals surface area contributed by atoms with Gasteiger partial charge < -0.3 is 15.6 Å². The lowest BCUT2D eigenvalue weighted by Crippen LogP contribution is -2.28. The van der Waals surface area contributed by atoms with Gasteiger partial charge in [-0.25, -0.2) is 4.98 Å². The number of rotatable bonds is 2. The number of aromatic amines is 1. The molecule has 1 aromatic rings. The van der Waals surface area contributed by atoms with Crippen molar-refractivity contribution in [3.8, 4) is 0 Å². The molecule has 0 aromatic carbocycles. The third-order valence-corrected chi connectivity index (χ3v) is 3.26. The van der Waals surface area contributed by atoms with Crippen molar-refractivity contribution in [3.63, 3.8) is 0 Å². The van der Waals surface area contributed by atoms with Crippen LogP contribution in [0.3, 0.4) is 0 Å². The Bertz CT molecular complexity index is 452. The summed E-state index contributed by atoms with van der Waals surface area (Å²) in [5, 5.41) is 0. The van der Waals surface area contributed by atoms with E-state index in [1.807, 2.05) is 0 Å². The molecule has 3 rings (SSSR count). The second-order valence-electron chi connectivity index (χ2n) is 4.76. The molecule has 1 aliphatic heterocycles. The van der Waals surface area contributed by atoms with Gasteiger partial charge in [0.25, 0.3) is 5.56 Å². The summed E-state index contributed by atoms with van der Waals surface area (Å²) in [7, 11) is 0. The fourth-order valence-corrected chi connectivity index (χ4v) is 2.17. The normalized spacial score (nSPS) is 25.1. The molecule has 5 heteroatoms. The Balaban J connectivity index is 1.91. The van der Waals surface area contributed by atoms with Crippen LogP contribution in [0.25, 0.3) is 0 Å². The summed E-state index contributed by atoms with van der Waals surface area (Å²) in [6.07, 6.45) is 3.27. The predicted molar refractivity (Wildman–Crippen MR) is 61.6 cm³/mol. The number of hydrogen-bond donors (Lipinski definition) is 2. The molecule has 16 heavy (non-hydrogen) atoms. The van der Waals surface area contributed by atoms with Crippen LogP contribution in [0.4, 0.5) is 5.82 Å². The Morgan fingerprint density at radius 2 is 2.25 bits per heavy atom. The van der Waals surface area contributed by atoms with Crippen molar-refractivity contribution in [1.82, 2.24) is 9.97 Å². The molecule has 86 valence electrons. The maximum absolute atomic E-state index is 11.5. The van der Waals surface area contributed by atoms with Gasteiger partial charge in [0.2, 0.25) is 0 Å². The van der Waals surface area contributed by atoms with Crippen molar-refractivity contribution >= 4 is 5.82 Å². The van der Waals surface area contributed by atoms with E-state index in [9.17, 15) is 4.79 Å². The van der Waals surface area contributed by atoms with Crippen molar-refractivity contribution in [2.45, 2.75) is 31.2 Å². The number of hydrogen-bond acceptors (Lipinski definition) is 4. The highest BCUT2D eigenvalue weighted by atomic mass is 16.1. The second-order valence-corrected chi connectivity index (χ2v) is 4.76. The average Bonchev–Trinajstić information content (AvgIpc) is 3.01. The lowest BCUT2D eigenvalue weighted by atomic mass is 10.3. The van der Waals surface area contributed by atoms with Gasteiger partial charge in [0.15, 0.2) is 0 Å². The van der Waals surface area contributed by atoms with Crippen LogP contribution in [0, 0.1) is 0 Å².